The number of hydrogen-bond donors (Lipinski definition) is 0. The number of ketones is 1. The molecule has 4 heteroatoms. The van der Waals surface area contributed by atoms with E-state index >= 15 is 0 Å². The first kappa shape index (κ1) is 11.9. The van der Waals surface area contributed by atoms with Gasteiger partial charge in [-0.2, -0.15) is 0 Å². The number of halogens is 1. The molecule has 0 aromatic carbocycles. The maximum Gasteiger partial charge on any atom is 0.209 e. The number of hydrogen-bond acceptors (Lipinski definition) is 3. The summed E-state index contributed by atoms with van der Waals surface area (Å²) in [6, 6.07) is 1.73. The van der Waals surface area contributed by atoms with E-state index in [-0.39, 0.29) is 10.5 Å². The van der Waals surface area contributed by atoms with Gasteiger partial charge in [0.15, 0.2) is 5.76 Å². The van der Waals surface area contributed by atoms with E-state index in [4.69, 9.17) is 4.42 Å². The molecular weight excluding hydrogens is 264 g/mol. The third-order valence-electron chi connectivity index (χ3n) is 1.51. The molecular formula is C10H13BrO2S. The molecule has 2 nitrogen and oxygen atoms in total. The zero-order valence-electron chi connectivity index (χ0n) is 8.46. The van der Waals surface area contributed by atoms with Crippen LogP contribution in [0, 0.1) is 0 Å². The van der Waals surface area contributed by atoms with Crippen LogP contribution in [0.15, 0.2) is 21.2 Å². The van der Waals surface area contributed by atoms with Crippen molar-refractivity contribution in [2.24, 2.45) is 0 Å². The highest BCUT2D eigenvalue weighted by molar-refractivity contribution is 9.10. The first-order valence-corrected chi connectivity index (χ1v) is 6.08. The standard InChI is InChI=1S/C10H13BrO2S/c1-10(2,3)14-6-8(12)9-7(11)4-5-13-9/h4-5H,6H2,1-3H3. The molecule has 1 aromatic heterocycles. The largest absolute Gasteiger partial charge is 0.460 e. The van der Waals surface area contributed by atoms with Gasteiger partial charge < -0.3 is 4.42 Å². The Labute approximate surface area is 96.6 Å². The highest BCUT2D eigenvalue weighted by Crippen LogP contribution is 2.26. The van der Waals surface area contributed by atoms with Crippen LogP contribution in [0.1, 0.15) is 31.3 Å². The van der Waals surface area contributed by atoms with Gasteiger partial charge in [-0.25, -0.2) is 0 Å². The molecule has 0 bridgehead atoms. The zero-order chi connectivity index (χ0) is 10.8. The third-order valence-corrected chi connectivity index (χ3v) is 3.40. The second-order valence-electron chi connectivity index (χ2n) is 3.92. The van der Waals surface area contributed by atoms with E-state index in [1.807, 2.05) is 0 Å². The topological polar surface area (TPSA) is 30.2 Å². The number of rotatable bonds is 3. The fourth-order valence-corrected chi connectivity index (χ4v) is 1.96. The SMILES string of the molecule is CC(C)(C)SCC(=O)c1occc1Br. The average Bonchev–Trinajstić information content (AvgIpc) is 2.46. The van der Waals surface area contributed by atoms with Gasteiger partial charge in [-0.3, -0.25) is 4.79 Å². The molecule has 0 spiro atoms. The van der Waals surface area contributed by atoms with Crippen LogP contribution in [0.25, 0.3) is 0 Å². The molecule has 1 heterocycles. The summed E-state index contributed by atoms with van der Waals surface area (Å²) in [6.07, 6.45) is 1.51. The number of furan rings is 1. The smallest absolute Gasteiger partial charge is 0.209 e. The number of carbonyl (C=O) groups is 1. The van der Waals surface area contributed by atoms with Crippen LogP contribution in [0.4, 0.5) is 0 Å². The highest BCUT2D eigenvalue weighted by atomic mass is 79.9. The molecule has 78 valence electrons. The second-order valence-corrected chi connectivity index (χ2v) is 6.58. The van der Waals surface area contributed by atoms with Gasteiger partial charge in [0.25, 0.3) is 0 Å². The Morgan fingerprint density at radius 3 is 2.64 bits per heavy atom. The summed E-state index contributed by atoms with van der Waals surface area (Å²) in [7, 11) is 0. The van der Waals surface area contributed by atoms with Crippen LogP contribution >= 0.6 is 27.7 Å². The molecule has 0 aliphatic rings. The van der Waals surface area contributed by atoms with Crippen molar-refractivity contribution in [3.63, 3.8) is 0 Å². The van der Waals surface area contributed by atoms with Crippen molar-refractivity contribution < 1.29 is 9.21 Å². The lowest BCUT2D eigenvalue weighted by Crippen LogP contribution is -2.12. The Hall–Kier alpha value is -0.220. The molecule has 0 fully saturated rings. The van der Waals surface area contributed by atoms with Gasteiger partial charge in [0, 0.05) is 4.75 Å². The summed E-state index contributed by atoms with van der Waals surface area (Å²) < 4.78 is 5.92. The van der Waals surface area contributed by atoms with E-state index in [2.05, 4.69) is 36.7 Å². The molecule has 0 aliphatic heterocycles. The summed E-state index contributed by atoms with van der Waals surface area (Å²) in [6.45, 7) is 6.26. The number of carbonyl (C=O) groups excluding carboxylic acids is 1. The quantitative estimate of drug-likeness (QED) is 0.788. The van der Waals surface area contributed by atoms with Crippen LogP contribution < -0.4 is 0 Å². The predicted molar refractivity (Wildman–Crippen MR) is 62.9 cm³/mol. The molecule has 0 aliphatic carbocycles. The molecule has 0 atom stereocenters. The normalized spacial score (nSPS) is 11.7. The van der Waals surface area contributed by atoms with Crippen molar-refractivity contribution in [3.8, 4) is 0 Å². The van der Waals surface area contributed by atoms with Gasteiger partial charge in [0.05, 0.1) is 16.5 Å². The van der Waals surface area contributed by atoms with Crippen molar-refractivity contribution >= 4 is 33.5 Å². The Kier molecular flexibility index (Phi) is 3.84. The summed E-state index contributed by atoms with van der Waals surface area (Å²) >= 11 is 4.88. The minimum atomic E-state index is 0.0294. The van der Waals surface area contributed by atoms with E-state index < -0.39 is 0 Å². The molecule has 0 saturated carbocycles. The maximum atomic E-state index is 11.6. The van der Waals surface area contributed by atoms with Crippen molar-refractivity contribution in [1.29, 1.82) is 0 Å². The molecule has 14 heavy (non-hydrogen) atoms. The van der Waals surface area contributed by atoms with Crippen molar-refractivity contribution in [2.45, 2.75) is 25.5 Å². The average molecular weight is 277 g/mol. The monoisotopic (exact) mass is 276 g/mol. The first-order chi connectivity index (χ1) is 6.40. The molecule has 0 unspecified atom stereocenters. The van der Waals surface area contributed by atoms with Crippen molar-refractivity contribution in [1.82, 2.24) is 0 Å². The Bertz CT molecular complexity index is 325. The predicted octanol–water partition coefficient (Wildman–Crippen LogP) is 3.76. The van der Waals surface area contributed by atoms with Crippen LogP contribution in [0.3, 0.4) is 0 Å². The second kappa shape index (κ2) is 4.53. The summed E-state index contributed by atoms with van der Waals surface area (Å²) in [4.78, 5) is 11.6. The Balaban J connectivity index is 2.56. The van der Waals surface area contributed by atoms with Crippen LogP contribution in [0.2, 0.25) is 0 Å². The number of Topliss-reactive ketones (excluding diaryl/α,β-unsaturated/α-hetero) is 1. The maximum absolute atomic E-state index is 11.6. The minimum absolute atomic E-state index is 0.0294. The fraction of sp³-hybridized carbons (Fsp3) is 0.500. The Morgan fingerprint density at radius 1 is 1.57 bits per heavy atom. The molecule has 0 N–H and O–H groups in total. The van der Waals surface area contributed by atoms with E-state index in [1.54, 1.807) is 17.8 Å². The zero-order valence-corrected chi connectivity index (χ0v) is 10.9. The van der Waals surface area contributed by atoms with Crippen LogP contribution in [-0.2, 0) is 0 Å². The van der Waals surface area contributed by atoms with Gasteiger partial charge in [0.2, 0.25) is 5.78 Å². The Morgan fingerprint density at radius 2 is 2.21 bits per heavy atom. The van der Waals surface area contributed by atoms with E-state index in [0.717, 1.165) is 4.47 Å². The van der Waals surface area contributed by atoms with E-state index in [1.165, 1.54) is 6.26 Å². The summed E-state index contributed by atoms with van der Waals surface area (Å²) in [5, 5.41) is 0. The molecule has 1 rings (SSSR count). The molecule has 0 radical (unpaired) electrons. The van der Waals surface area contributed by atoms with Gasteiger partial charge in [-0.05, 0) is 22.0 Å². The fourth-order valence-electron chi connectivity index (χ4n) is 0.840. The van der Waals surface area contributed by atoms with Gasteiger partial charge >= 0.3 is 0 Å². The van der Waals surface area contributed by atoms with Crippen LogP contribution in [0.5, 0.6) is 0 Å². The van der Waals surface area contributed by atoms with E-state index in [9.17, 15) is 4.79 Å². The number of thioether (sulfide) groups is 1. The highest BCUT2D eigenvalue weighted by Gasteiger charge is 2.18. The van der Waals surface area contributed by atoms with Crippen LogP contribution in [-0.4, -0.2) is 16.3 Å². The lowest BCUT2D eigenvalue weighted by Gasteiger charge is -2.16. The summed E-state index contributed by atoms with van der Waals surface area (Å²) in [5.41, 5.74) is 0. The van der Waals surface area contributed by atoms with Gasteiger partial charge in [0.1, 0.15) is 0 Å². The lowest BCUT2D eigenvalue weighted by atomic mass is 10.3. The van der Waals surface area contributed by atoms with Crippen molar-refractivity contribution in [3.05, 3.63) is 22.6 Å². The van der Waals surface area contributed by atoms with Gasteiger partial charge in [-0.15, -0.1) is 11.8 Å². The van der Waals surface area contributed by atoms with Crippen molar-refractivity contribution in [2.75, 3.05) is 5.75 Å². The molecule has 0 amide bonds. The molecule has 1 aromatic rings. The third kappa shape index (κ3) is 3.50. The summed E-state index contributed by atoms with van der Waals surface area (Å²) in [5.74, 6) is 0.902. The molecule has 0 saturated heterocycles. The first-order valence-electron chi connectivity index (χ1n) is 4.30. The van der Waals surface area contributed by atoms with Gasteiger partial charge in [-0.1, -0.05) is 20.8 Å². The van der Waals surface area contributed by atoms with E-state index in [0.29, 0.717) is 11.5 Å². The lowest BCUT2D eigenvalue weighted by molar-refractivity contribution is 0.0991. The minimum Gasteiger partial charge on any atom is -0.460 e.